The van der Waals surface area contributed by atoms with E-state index in [4.69, 9.17) is 16.9 Å². The molecule has 2 rings (SSSR count). The average Bonchev–Trinajstić information content (AvgIpc) is 2.71. The SMILES string of the molecule is C#CCOC(=O)c1c(N)sc(C)c1-c1ccccc1. The number of terminal acetylenes is 1. The average molecular weight is 271 g/mol. The van der Waals surface area contributed by atoms with E-state index in [1.807, 2.05) is 37.3 Å². The van der Waals surface area contributed by atoms with E-state index in [1.54, 1.807) is 0 Å². The van der Waals surface area contributed by atoms with Crippen molar-refractivity contribution >= 4 is 22.3 Å². The number of rotatable bonds is 3. The molecule has 4 heteroatoms. The number of carbonyl (C=O) groups is 1. The summed E-state index contributed by atoms with van der Waals surface area (Å²) in [5.74, 6) is 1.80. The lowest BCUT2D eigenvalue weighted by Crippen LogP contribution is -2.08. The number of thiophene rings is 1. The molecule has 1 heterocycles. The summed E-state index contributed by atoms with van der Waals surface area (Å²) in [5.41, 5.74) is 8.09. The standard InChI is InChI=1S/C15H13NO2S/c1-3-9-18-15(17)13-12(10(2)19-14(13)16)11-7-5-4-6-8-11/h1,4-8H,9,16H2,2H3. The Labute approximate surface area is 116 Å². The quantitative estimate of drug-likeness (QED) is 0.689. The highest BCUT2D eigenvalue weighted by Crippen LogP contribution is 2.38. The van der Waals surface area contributed by atoms with E-state index in [1.165, 1.54) is 11.3 Å². The van der Waals surface area contributed by atoms with Crippen LogP contribution in [-0.4, -0.2) is 12.6 Å². The number of nitrogens with two attached hydrogens (primary N) is 1. The van der Waals surface area contributed by atoms with E-state index in [0.29, 0.717) is 10.6 Å². The fourth-order valence-corrected chi connectivity index (χ4v) is 2.84. The second-order valence-corrected chi connectivity index (χ2v) is 5.18. The van der Waals surface area contributed by atoms with Gasteiger partial charge in [-0.15, -0.1) is 17.8 Å². The molecule has 2 N–H and O–H groups in total. The molecule has 96 valence electrons. The summed E-state index contributed by atoms with van der Waals surface area (Å²) in [6.07, 6.45) is 5.09. The number of esters is 1. The lowest BCUT2D eigenvalue weighted by Gasteiger charge is -2.06. The summed E-state index contributed by atoms with van der Waals surface area (Å²) in [4.78, 5) is 13.0. The zero-order valence-corrected chi connectivity index (χ0v) is 11.3. The summed E-state index contributed by atoms with van der Waals surface area (Å²) in [5, 5.41) is 0.457. The number of anilines is 1. The Morgan fingerprint density at radius 1 is 1.42 bits per heavy atom. The minimum absolute atomic E-state index is 0.0542. The van der Waals surface area contributed by atoms with Crippen LogP contribution in [0.25, 0.3) is 11.1 Å². The predicted octanol–water partition coefficient (Wildman–Crippen LogP) is 3.10. The molecule has 0 amide bonds. The molecule has 0 atom stereocenters. The van der Waals surface area contributed by atoms with Crippen molar-refractivity contribution in [3.8, 4) is 23.5 Å². The predicted molar refractivity (Wildman–Crippen MR) is 78.0 cm³/mol. The highest BCUT2D eigenvalue weighted by Gasteiger charge is 2.22. The number of benzene rings is 1. The molecule has 0 aliphatic carbocycles. The van der Waals surface area contributed by atoms with Gasteiger partial charge in [0.05, 0.1) is 0 Å². The number of ether oxygens (including phenoxy) is 1. The molecule has 2 aromatic rings. The molecule has 0 aliphatic rings. The second-order valence-electron chi connectivity index (χ2n) is 3.92. The molecule has 1 aromatic heterocycles. The van der Waals surface area contributed by atoms with Gasteiger partial charge >= 0.3 is 5.97 Å². The Hall–Kier alpha value is -2.25. The van der Waals surface area contributed by atoms with Crippen molar-refractivity contribution in [2.24, 2.45) is 0 Å². The molecule has 0 fully saturated rings. The topological polar surface area (TPSA) is 52.3 Å². The van der Waals surface area contributed by atoms with Crippen molar-refractivity contribution in [2.45, 2.75) is 6.92 Å². The van der Waals surface area contributed by atoms with Crippen LogP contribution in [0.5, 0.6) is 0 Å². The summed E-state index contributed by atoms with van der Waals surface area (Å²) in [7, 11) is 0. The monoisotopic (exact) mass is 271 g/mol. The van der Waals surface area contributed by atoms with Gasteiger partial charge in [0.1, 0.15) is 10.6 Å². The molecule has 0 radical (unpaired) electrons. The first-order valence-corrected chi connectivity index (χ1v) is 6.51. The van der Waals surface area contributed by atoms with Gasteiger partial charge in [-0.3, -0.25) is 0 Å². The van der Waals surface area contributed by atoms with Crippen LogP contribution in [-0.2, 0) is 4.74 Å². The van der Waals surface area contributed by atoms with Crippen LogP contribution in [0.3, 0.4) is 0 Å². The molecule has 19 heavy (non-hydrogen) atoms. The van der Waals surface area contributed by atoms with Gasteiger partial charge in [-0.1, -0.05) is 36.3 Å². The Morgan fingerprint density at radius 2 is 2.11 bits per heavy atom. The van der Waals surface area contributed by atoms with Crippen LogP contribution >= 0.6 is 11.3 Å². The van der Waals surface area contributed by atoms with Crippen molar-refractivity contribution in [3.63, 3.8) is 0 Å². The maximum Gasteiger partial charge on any atom is 0.342 e. The number of hydrogen-bond donors (Lipinski definition) is 1. The Kier molecular flexibility index (Phi) is 3.88. The maximum absolute atomic E-state index is 12.0. The highest BCUT2D eigenvalue weighted by atomic mass is 32.1. The van der Waals surface area contributed by atoms with Crippen molar-refractivity contribution in [2.75, 3.05) is 12.3 Å². The summed E-state index contributed by atoms with van der Waals surface area (Å²) < 4.78 is 4.99. The van der Waals surface area contributed by atoms with Gasteiger partial charge in [-0.2, -0.15) is 0 Å². The van der Waals surface area contributed by atoms with E-state index >= 15 is 0 Å². The largest absolute Gasteiger partial charge is 0.449 e. The second kappa shape index (κ2) is 5.59. The van der Waals surface area contributed by atoms with Gasteiger partial charge in [0.25, 0.3) is 0 Å². The highest BCUT2D eigenvalue weighted by molar-refractivity contribution is 7.16. The maximum atomic E-state index is 12.0. The van der Waals surface area contributed by atoms with E-state index in [9.17, 15) is 4.79 Å². The third kappa shape index (κ3) is 2.61. The van der Waals surface area contributed by atoms with Gasteiger partial charge in [-0.05, 0) is 12.5 Å². The molecule has 0 aliphatic heterocycles. The van der Waals surface area contributed by atoms with E-state index in [0.717, 1.165) is 16.0 Å². The Morgan fingerprint density at radius 3 is 2.74 bits per heavy atom. The van der Waals surface area contributed by atoms with E-state index in [2.05, 4.69) is 5.92 Å². The number of nitrogen functional groups attached to an aromatic ring is 1. The van der Waals surface area contributed by atoms with E-state index in [-0.39, 0.29) is 6.61 Å². The molecule has 0 saturated heterocycles. The zero-order chi connectivity index (χ0) is 13.8. The zero-order valence-electron chi connectivity index (χ0n) is 10.5. The molecule has 0 saturated carbocycles. The van der Waals surface area contributed by atoms with Crippen LogP contribution < -0.4 is 5.73 Å². The number of hydrogen-bond acceptors (Lipinski definition) is 4. The lowest BCUT2D eigenvalue weighted by molar-refractivity contribution is 0.0559. The summed E-state index contributed by atoms with van der Waals surface area (Å²) in [6.45, 7) is 1.88. The minimum Gasteiger partial charge on any atom is -0.449 e. The Balaban J connectivity index is 2.50. The number of aryl methyl sites for hydroxylation is 1. The van der Waals surface area contributed by atoms with Crippen molar-refractivity contribution in [3.05, 3.63) is 40.8 Å². The molecular formula is C15H13NO2S. The Bertz CT molecular complexity index is 638. The fraction of sp³-hybridized carbons (Fsp3) is 0.133. The van der Waals surface area contributed by atoms with Gasteiger partial charge in [-0.25, -0.2) is 4.79 Å². The molecule has 0 spiro atoms. The normalized spacial score (nSPS) is 9.89. The number of carbonyl (C=O) groups excluding carboxylic acids is 1. The van der Waals surface area contributed by atoms with Gasteiger partial charge in [0.2, 0.25) is 0 Å². The molecule has 3 nitrogen and oxygen atoms in total. The van der Waals surface area contributed by atoms with Gasteiger partial charge in [0, 0.05) is 10.4 Å². The van der Waals surface area contributed by atoms with E-state index < -0.39 is 5.97 Å². The van der Waals surface area contributed by atoms with Crippen LogP contribution in [0.1, 0.15) is 15.2 Å². The summed E-state index contributed by atoms with van der Waals surface area (Å²) in [6, 6.07) is 9.63. The van der Waals surface area contributed by atoms with Crippen LogP contribution in [0, 0.1) is 19.3 Å². The third-order valence-electron chi connectivity index (χ3n) is 2.66. The summed E-state index contributed by atoms with van der Waals surface area (Å²) >= 11 is 1.38. The van der Waals surface area contributed by atoms with Gasteiger partial charge in [0.15, 0.2) is 6.61 Å². The third-order valence-corrected chi connectivity index (χ3v) is 3.60. The van der Waals surface area contributed by atoms with Crippen LogP contribution in [0.15, 0.2) is 30.3 Å². The molecule has 0 bridgehead atoms. The molecular weight excluding hydrogens is 258 g/mol. The first kappa shape index (κ1) is 13.2. The van der Waals surface area contributed by atoms with Crippen molar-refractivity contribution in [1.82, 2.24) is 0 Å². The van der Waals surface area contributed by atoms with Crippen LogP contribution in [0.2, 0.25) is 0 Å². The van der Waals surface area contributed by atoms with Gasteiger partial charge < -0.3 is 10.5 Å². The molecule has 1 aromatic carbocycles. The molecule has 0 unspecified atom stereocenters. The van der Waals surface area contributed by atoms with Crippen LogP contribution in [0.4, 0.5) is 5.00 Å². The fourth-order valence-electron chi connectivity index (χ4n) is 1.90. The first-order chi connectivity index (χ1) is 9.15. The van der Waals surface area contributed by atoms with Crippen molar-refractivity contribution in [1.29, 1.82) is 0 Å². The lowest BCUT2D eigenvalue weighted by atomic mass is 10.0. The minimum atomic E-state index is -0.473. The smallest absolute Gasteiger partial charge is 0.342 e. The first-order valence-electron chi connectivity index (χ1n) is 5.70. The van der Waals surface area contributed by atoms with Crippen molar-refractivity contribution < 1.29 is 9.53 Å².